The van der Waals surface area contributed by atoms with Crippen LogP contribution in [0.25, 0.3) is 0 Å². The highest BCUT2D eigenvalue weighted by Gasteiger charge is 2.37. The molecule has 7 rings (SSSR count). The first-order valence-electron chi connectivity index (χ1n) is 16.3. The van der Waals surface area contributed by atoms with Gasteiger partial charge in [0.15, 0.2) is 11.5 Å². The molecule has 4 aromatic rings. The first-order valence-corrected chi connectivity index (χ1v) is 17.0. The average Bonchev–Trinajstić information content (AvgIpc) is 3.15. The molecule has 0 N–H and O–H groups in total. The van der Waals surface area contributed by atoms with Gasteiger partial charge in [0.25, 0.3) is 0 Å². The molecule has 3 fully saturated rings. The maximum atomic E-state index is 13.8. The first kappa shape index (κ1) is 35.0. The normalized spacial score (nSPS) is 18.4. The highest BCUT2D eigenvalue weighted by Crippen LogP contribution is 2.36. The van der Waals surface area contributed by atoms with Crippen LogP contribution in [-0.4, -0.2) is 61.9 Å². The largest absolute Gasteiger partial charge is 0.493 e. The predicted octanol–water partition coefficient (Wildman–Crippen LogP) is 7.66. The van der Waals surface area contributed by atoms with E-state index in [1.165, 1.54) is 31.5 Å². The first-order chi connectivity index (χ1) is 24.3. The van der Waals surface area contributed by atoms with Gasteiger partial charge in [-0.1, -0.05) is 47.5 Å². The number of rotatable bonds is 11. The van der Waals surface area contributed by atoms with Crippen LogP contribution in [0.5, 0.6) is 11.5 Å². The summed E-state index contributed by atoms with van der Waals surface area (Å²) >= 11 is 12.9. The minimum Gasteiger partial charge on any atom is -0.493 e. The van der Waals surface area contributed by atoms with Gasteiger partial charge in [-0.2, -0.15) is 5.26 Å². The average molecular weight is 716 g/mol. The monoisotopic (exact) mass is 714 g/mol. The molecule has 0 aliphatic carbocycles. The molecule has 0 unspecified atom stereocenters. The van der Waals surface area contributed by atoms with Gasteiger partial charge in [0.2, 0.25) is 0 Å². The second-order valence-electron chi connectivity index (χ2n) is 12.3. The second-order valence-corrected chi connectivity index (χ2v) is 13.1. The molecule has 3 aromatic carbocycles. The fourth-order valence-corrected chi connectivity index (χ4v) is 7.04. The standard InChI is InChI=1S/C38H36Cl2N4O6/c1-47-33-10-9-27(17-35(33)48-2)34(18-30-31(39)20-42-21-32(30)40)49-37(45)28-7-3-6-25(15-28)22-44(29-8-4-5-24(16-29)19-41)38(46)50-36-23-43-13-11-26(36)12-14-43/h3-10,15-17,20-21,26,34,36H,11-14,18,22-23H2,1-2H3/t34-,36-/m0/s1. The third-order valence-electron chi connectivity index (χ3n) is 9.23. The molecular weight excluding hydrogens is 679 g/mol. The molecule has 50 heavy (non-hydrogen) atoms. The molecule has 4 heterocycles. The number of hydrogen-bond acceptors (Lipinski definition) is 9. The van der Waals surface area contributed by atoms with Crippen LogP contribution in [0.2, 0.25) is 10.0 Å². The highest BCUT2D eigenvalue weighted by atomic mass is 35.5. The van der Waals surface area contributed by atoms with E-state index in [0.29, 0.717) is 61.9 Å². The summed E-state index contributed by atoms with van der Waals surface area (Å²) in [4.78, 5) is 35.5. The number of aromatic nitrogens is 1. The van der Waals surface area contributed by atoms with Gasteiger partial charge in [0, 0.05) is 31.0 Å². The van der Waals surface area contributed by atoms with Crippen molar-refractivity contribution in [2.45, 2.75) is 38.0 Å². The molecule has 12 heteroatoms. The fraction of sp³-hybridized carbons (Fsp3) is 0.316. The van der Waals surface area contributed by atoms with Crippen LogP contribution < -0.4 is 14.4 Å². The Labute approximate surface area is 301 Å². The number of benzene rings is 3. The number of anilines is 1. The lowest BCUT2D eigenvalue weighted by atomic mass is 9.86. The van der Waals surface area contributed by atoms with Crippen LogP contribution in [0.1, 0.15) is 51.6 Å². The van der Waals surface area contributed by atoms with Crippen LogP contribution in [-0.2, 0) is 22.4 Å². The summed E-state index contributed by atoms with van der Waals surface area (Å²) < 4.78 is 23.2. The van der Waals surface area contributed by atoms with Crippen molar-refractivity contribution in [1.29, 1.82) is 5.26 Å². The van der Waals surface area contributed by atoms with E-state index in [-0.39, 0.29) is 24.6 Å². The highest BCUT2D eigenvalue weighted by molar-refractivity contribution is 6.35. The molecule has 0 saturated carbocycles. The van der Waals surface area contributed by atoms with Crippen LogP contribution in [0, 0.1) is 17.2 Å². The van der Waals surface area contributed by atoms with Gasteiger partial charge in [-0.15, -0.1) is 0 Å². The summed E-state index contributed by atoms with van der Waals surface area (Å²) in [6, 6.07) is 21.1. The van der Waals surface area contributed by atoms with E-state index >= 15 is 0 Å². The van der Waals surface area contributed by atoms with E-state index in [2.05, 4.69) is 16.0 Å². The van der Waals surface area contributed by atoms with Crippen LogP contribution in [0.15, 0.2) is 79.1 Å². The second kappa shape index (κ2) is 15.8. The summed E-state index contributed by atoms with van der Waals surface area (Å²) in [5, 5.41) is 10.2. The Morgan fingerprint density at radius 2 is 1.72 bits per heavy atom. The van der Waals surface area contributed by atoms with E-state index in [1.54, 1.807) is 60.7 Å². The topological polar surface area (TPSA) is 114 Å². The zero-order chi connectivity index (χ0) is 35.2. The van der Waals surface area contributed by atoms with Crippen molar-refractivity contribution in [3.05, 3.63) is 117 Å². The Morgan fingerprint density at radius 3 is 2.40 bits per heavy atom. The number of halogens is 2. The SMILES string of the molecule is COc1ccc([C@H](Cc2c(Cl)cncc2Cl)OC(=O)c2cccc(CN(C(=O)O[C@H]3CN4CCC3CC4)c3cccc(C#N)c3)c2)cc1OC. The Bertz CT molecular complexity index is 1890. The maximum absolute atomic E-state index is 13.8. The molecule has 1 aromatic heterocycles. The number of methoxy groups -OCH3 is 2. The van der Waals surface area contributed by atoms with Crippen LogP contribution in [0.4, 0.5) is 10.5 Å². The summed E-state index contributed by atoms with van der Waals surface area (Å²) in [5.74, 6) is 0.710. The van der Waals surface area contributed by atoms with E-state index in [0.717, 1.165) is 25.9 Å². The number of nitrogens with zero attached hydrogens (tertiary/aromatic N) is 4. The molecule has 2 bridgehead atoms. The van der Waals surface area contributed by atoms with Gasteiger partial charge in [0.1, 0.15) is 12.2 Å². The Balaban J connectivity index is 1.26. The zero-order valence-electron chi connectivity index (χ0n) is 27.7. The third kappa shape index (κ3) is 7.97. The van der Waals surface area contributed by atoms with Crippen LogP contribution >= 0.6 is 23.2 Å². The molecule has 3 aliphatic rings. The number of carbonyl (C=O) groups is 2. The lowest BCUT2D eigenvalue weighted by Crippen LogP contribution is -2.53. The summed E-state index contributed by atoms with van der Waals surface area (Å²) in [5.41, 5.74) is 3.07. The van der Waals surface area contributed by atoms with Gasteiger partial charge in [-0.3, -0.25) is 14.8 Å². The number of pyridine rings is 1. The van der Waals surface area contributed by atoms with Gasteiger partial charge in [-0.25, -0.2) is 9.59 Å². The number of esters is 1. The van der Waals surface area contributed by atoms with E-state index in [9.17, 15) is 14.9 Å². The van der Waals surface area contributed by atoms with E-state index < -0.39 is 18.2 Å². The van der Waals surface area contributed by atoms with Crippen molar-refractivity contribution in [2.75, 3.05) is 38.8 Å². The minimum atomic E-state index is -0.815. The minimum absolute atomic E-state index is 0.0945. The molecule has 3 aliphatic heterocycles. The van der Waals surface area contributed by atoms with Crippen molar-refractivity contribution >= 4 is 41.0 Å². The number of nitriles is 1. The summed E-state index contributed by atoms with van der Waals surface area (Å²) in [7, 11) is 3.06. The van der Waals surface area contributed by atoms with Crippen LogP contribution in [0.3, 0.4) is 0 Å². The molecule has 10 nitrogen and oxygen atoms in total. The molecular formula is C38H36Cl2N4O6. The van der Waals surface area contributed by atoms with Gasteiger partial charge in [0.05, 0.1) is 48.0 Å². The molecule has 1 amide bonds. The summed E-state index contributed by atoms with van der Waals surface area (Å²) in [6.45, 7) is 2.84. The number of piperidine rings is 3. The predicted molar refractivity (Wildman–Crippen MR) is 189 cm³/mol. The van der Waals surface area contributed by atoms with E-state index in [1.807, 2.05) is 6.07 Å². The number of fused-ring (bicyclic) bond motifs is 3. The van der Waals surface area contributed by atoms with Crippen molar-refractivity contribution in [3.63, 3.8) is 0 Å². The van der Waals surface area contributed by atoms with E-state index in [4.69, 9.17) is 42.1 Å². The summed E-state index contributed by atoms with van der Waals surface area (Å²) in [6.07, 6.45) is 3.60. The molecule has 258 valence electrons. The van der Waals surface area contributed by atoms with Gasteiger partial charge in [-0.05, 0) is 91.0 Å². The molecule has 2 atom stereocenters. The Hall–Kier alpha value is -4.82. The molecule has 3 saturated heterocycles. The number of amides is 1. The number of carbonyl (C=O) groups excluding carboxylic acids is 2. The lowest BCUT2D eigenvalue weighted by molar-refractivity contribution is -0.0311. The molecule has 0 spiro atoms. The van der Waals surface area contributed by atoms with Crippen molar-refractivity contribution in [2.24, 2.45) is 5.92 Å². The quantitative estimate of drug-likeness (QED) is 0.145. The van der Waals surface area contributed by atoms with Crippen molar-refractivity contribution in [1.82, 2.24) is 9.88 Å². The maximum Gasteiger partial charge on any atom is 0.414 e. The lowest BCUT2D eigenvalue weighted by Gasteiger charge is -2.44. The third-order valence-corrected chi connectivity index (χ3v) is 9.88. The number of ether oxygens (including phenoxy) is 4. The van der Waals surface area contributed by atoms with Crippen molar-refractivity contribution in [3.8, 4) is 17.6 Å². The van der Waals surface area contributed by atoms with Crippen molar-refractivity contribution < 1.29 is 28.5 Å². The molecule has 0 radical (unpaired) electrons. The van der Waals surface area contributed by atoms with Gasteiger partial charge < -0.3 is 18.9 Å². The fourth-order valence-electron chi connectivity index (χ4n) is 6.52. The zero-order valence-corrected chi connectivity index (χ0v) is 29.2. The number of hydrogen-bond donors (Lipinski definition) is 0. The Kier molecular flexibility index (Phi) is 11.1. The smallest absolute Gasteiger partial charge is 0.414 e. The van der Waals surface area contributed by atoms with Gasteiger partial charge >= 0.3 is 12.1 Å². The Morgan fingerprint density at radius 1 is 0.980 bits per heavy atom.